The molecule has 1 spiro atoms. The van der Waals surface area contributed by atoms with Crippen LogP contribution in [0.5, 0.6) is 11.5 Å². The van der Waals surface area contributed by atoms with E-state index in [4.69, 9.17) is 21.1 Å². The molecule has 0 aliphatic carbocycles. The van der Waals surface area contributed by atoms with E-state index in [0.29, 0.717) is 34.5 Å². The molecule has 2 amide bonds. The van der Waals surface area contributed by atoms with Crippen molar-refractivity contribution < 1.29 is 19.1 Å². The summed E-state index contributed by atoms with van der Waals surface area (Å²) < 4.78 is 10.7. The number of hydrogen-bond donors (Lipinski definition) is 3. The van der Waals surface area contributed by atoms with Crippen molar-refractivity contribution in [3.05, 3.63) is 46.5 Å². The number of anilines is 2. The largest absolute Gasteiger partial charge is 0.497 e. The first kappa shape index (κ1) is 23.4. The lowest BCUT2D eigenvalue weighted by atomic mass is 9.79. The highest BCUT2D eigenvalue weighted by Gasteiger charge is 2.60. The number of carbonyl (C=O) groups is 2. The molecule has 2 aliphatic rings. The standard InChI is InChI=1S/C25H30ClN3O4/c1-13(2)8-16-11-19(23(30)27-20-12-17(32-4)6-7-21(20)33-5)25(29-16)18-10-15(26)9-14(3)22(18)28-24(25)31/h6-7,9-10,12-13,16,19,29H,8,11H2,1-5H3,(H,27,30)(H,28,31)/t16-,19-,25-/m0/s1. The SMILES string of the molecule is COc1ccc(OC)c(NC(=O)[C@@H]2C[C@H](CC(C)C)N[C@]23C(=O)Nc2c(C)cc(Cl)cc23)c1. The summed E-state index contributed by atoms with van der Waals surface area (Å²) >= 11 is 6.39. The predicted octanol–water partition coefficient (Wildman–Crippen LogP) is 4.48. The summed E-state index contributed by atoms with van der Waals surface area (Å²) in [4.78, 5) is 27.2. The first-order chi connectivity index (χ1) is 15.7. The van der Waals surface area contributed by atoms with E-state index in [9.17, 15) is 9.59 Å². The van der Waals surface area contributed by atoms with Gasteiger partial charge in [0.15, 0.2) is 0 Å². The van der Waals surface area contributed by atoms with Crippen LogP contribution in [0.3, 0.4) is 0 Å². The van der Waals surface area contributed by atoms with Gasteiger partial charge >= 0.3 is 0 Å². The number of carbonyl (C=O) groups excluding carboxylic acids is 2. The molecule has 176 valence electrons. The fraction of sp³-hybridized carbons (Fsp3) is 0.440. The van der Waals surface area contributed by atoms with Gasteiger partial charge in [0, 0.05) is 28.4 Å². The van der Waals surface area contributed by atoms with Gasteiger partial charge in [-0.15, -0.1) is 0 Å². The first-order valence-corrected chi connectivity index (χ1v) is 11.5. The highest BCUT2D eigenvalue weighted by molar-refractivity contribution is 6.31. The number of hydrogen-bond acceptors (Lipinski definition) is 5. The lowest BCUT2D eigenvalue weighted by Crippen LogP contribution is -2.52. The molecule has 1 saturated heterocycles. The first-order valence-electron chi connectivity index (χ1n) is 11.1. The lowest BCUT2D eigenvalue weighted by molar-refractivity contribution is -0.130. The monoisotopic (exact) mass is 471 g/mol. The number of nitrogens with one attached hydrogen (secondary N) is 3. The molecule has 8 heteroatoms. The van der Waals surface area contributed by atoms with E-state index in [0.717, 1.165) is 23.2 Å². The van der Waals surface area contributed by atoms with Crippen molar-refractivity contribution in [2.24, 2.45) is 11.8 Å². The predicted molar refractivity (Wildman–Crippen MR) is 129 cm³/mol. The molecule has 0 unspecified atom stereocenters. The van der Waals surface area contributed by atoms with E-state index in [1.807, 2.05) is 13.0 Å². The molecule has 0 aromatic heterocycles. The van der Waals surface area contributed by atoms with Gasteiger partial charge in [0.1, 0.15) is 17.0 Å². The Labute approximate surface area is 199 Å². The molecular weight excluding hydrogens is 442 g/mol. The molecule has 1 fully saturated rings. The summed E-state index contributed by atoms with van der Waals surface area (Å²) in [5.74, 6) is 0.376. The smallest absolute Gasteiger partial charge is 0.250 e. The number of methoxy groups -OCH3 is 2. The van der Waals surface area contributed by atoms with Crippen molar-refractivity contribution in [2.75, 3.05) is 24.9 Å². The zero-order chi connectivity index (χ0) is 23.9. The maximum absolute atomic E-state index is 13.7. The molecule has 0 saturated carbocycles. The van der Waals surface area contributed by atoms with E-state index in [1.165, 1.54) is 0 Å². The van der Waals surface area contributed by atoms with Crippen LogP contribution in [0.25, 0.3) is 0 Å². The fourth-order valence-electron chi connectivity index (χ4n) is 5.15. The Morgan fingerprint density at radius 1 is 1.24 bits per heavy atom. The van der Waals surface area contributed by atoms with Crippen LogP contribution in [0.4, 0.5) is 11.4 Å². The molecule has 33 heavy (non-hydrogen) atoms. The van der Waals surface area contributed by atoms with E-state index in [-0.39, 0.29) is 17.9 Å². The minimum atomic E-state index is -1.19. The van der Waals surface area contributed by atoms with Crippen molar-refractivity contribution in [1.29, 1.82) is 0 Å². The minimum absolute atomic E-state index is 0.00365. The van der Waals surface area contributed by atoms with Crippen molar-refractivity contribution in [3.63, 3.8) is 0 Å². The zero-order valence-electron chi connectivity index (χ0n) is 19.5. The normalized spacial score (nSPS) is 23.5. The second kappa shape index (κ2) is 8.88. The van der Waals surface area contributed by atoms with Gasteiger partial charge in [-0.2, -0.15) is 0 Å². The van der Waals surface area contributed by atoms with Crippen LogP contribution in [0.2, 0.25) is 5.02 Å². The summed E-state index contributed by atoms with van der Waals surface area (Å²) in [6.07, 6.45) is 1.37. The average Bonchev–Trinajstić information content (AvgIpc) is 3.27. The minimum Gasteiger partial charge on any atom is -0.497 e. The molecule has 2 heterocycles. The van der Waals surface area contributed by atoms with Gasteiger partial charge in [0.2, 0.25) is 11.8 Å². The Morgan fingerprint density at radius 2 is 2.00 bits per heavy atom. The lowest BCUT2D eigenvalue weighted by Gasteiger charge is -2.29. The molecule has 0 bridgehead atoms. The number of fused-ring (bicyclic) bond motifs is 2. The van der Waals surface area contributed by atoms with E-state index >= 15 is 0 Å². The highest BCUT2D eigenvalue weighted by Crippen LogP contribution is 2.50. The number of rotatable bonds is 6. The van der Waals surface area contributed by atoms with Crippen LogP contribution in [0.1, 0.15) is 37.8 Å². The molecule has 4 rings (SSSR count). The third-order valence-corrected chi connectivity index (χ3v) is 6.75. The average molecular weight is 472 g/mol. The van der Waals surface area contributed by atoms with Gasteiger partial charge in [0.05, 0.1) is 25.8 Å². The van der Waals surface area contributed by atoms with Gasteiger partial charge in [-0.1, -0.05) is 25.4 Å². The third-order valence-electron chi connectivity index (χ3n) is 6.53. The summed E-state index contributed by atoms with van der Waals surface area (Å²) in [6, 6.07) is 8.82. The summed E-state index contributed by atoms with van der Waals surface area (Å²) in [5.41, 5.74) is 1.61. The molecule has 2 aromatic carbocycles. The summed E-state index contributed by atoms with van der Waals surface area (Å²) in [7, 11) is 3.10. The topological polar surface area (TPSA) is 88.7 Å². The quantitative estimate of drug-likeness (QED) is 0.578. The molecule has 2 aromatic rings. The molecule has 3 N–H and O–H groups in total. The Morgan fingerprint density at radius 3 is 2.67 bits per heavy atom. The van der Waals surface area contributed by atoms with E-state index in [1.54, 1.807) is 38.5 Å². The number of halogens is 1. The molecule has 7 nitrogen and oxygen atoms in total. The number of benzene rings is 2. The van der Waals surface area contributed by atoms with Gasteiger partial charge in [0.25, 0.3) is 0 Å². The van der Waals surface area contributed by atoms with Crippen LogP contribution in [0.15, 0.2) is 30.3 Å². The Hall–Kier alpha value is -2.77. The van der Waals surface area contributed by atoms with Crippen LogP contribution < -0.4 is 25.4 Å². The molecule has 2 aliphatic heterocycles. The molecular formula is C25H30ClN3O4. The highest BCUT2D eigenvalue weighted by atomic mass is 35.5. The van der Waals surface area contributed by atoms with Crippen molar-refractivity contribution >= 4 is 34.8 Å². The number of ether oxygens (including phenoxy) is 2. The second-order valence-electron chi connectivity index (χ2n) is 9.22. The van der Waals surface area contributed by atoms with Crippen LogP contribution in [0, 0.1) is 18.8 Å². The van der Waals surface area contributed by atoms with E-state index < -0.39 is 11.5 Å². The zero-order valence-corrected chi connectivity index (χ0v) is 20.3. The van der Waals surface area contributed by atoms with Crippen molar-refractivity contribution in [2.45, 2.75) is 45.2 Å². The van der Waals surface area contributed by atoms with Gasteiger partial charge in [-0.05, 0) is 55.5 Å². The molecule has 0 radical (unpaired) electrons. The Balaban J connectivity index is 1.77. The Kier molecular flexibility index (Phi) is 6.29. The fourth-order valence-corrected chi connectivity index (χ4v) is 5.42. The van der Waals surface area contributed by atoms with Crippen LogP contribution in [-0.2, 0) is 15.1 Å². The Bertz CT molecular complexity index is 1100. The van der Waals surface area contributed by atoms with Crippen LogP contribution in [-0.4, -0.2) is 32.1 Å². The maximum atomic E-state index is 13.7. The third kappa shape index (κ3) is 4.04. The van der Waals surface area contributed by atoms with Gasteiger partial charge in [-0.3, -0.25) is 14.9 Å². The van der Waals surface area contributed by atoms with Crippen molar-refractivity contribution in [1.82, 2.24) is 5.32 Å². The van der Waals surface area contributed by atoms with Crippen molar-refractivity contribution in [3.8, 4) is 11.5 Å². The summed E-state index contributed by atoms with van der Waals surface area (Å²) in [5, 5.41) is 10.1. The van der Waals surface area contributed by atoms with Gasteiger partial charge < -0.3 is 20.1 Å². The number of amides is 2. The number of aryl methyl sites for hydroxylation is 1. The van der Waals surface area contributed by atoms with E-state index in [2.05, 4.69) is 29.8 Å². The van der Waals surface area contributed by atoms with Gasteiger partial charge in [-0.25, -0.2) is 0 Å². The summed E-state index contributed by atoms with van der Waals surface area (Å²) in [6.45, 7) is 6.17. The second-order valence-corrected chi connectivity index (χ2v) is 9.66. The van der Waals surface area contributed by atoms with Crippen LogP contribution >= 0.6 is 11.6 Å². The maximum Gasteiger partial charge on any atom is 0.250 e. The molecule has 3 atom stereocenters.